The molecule has 1 aliphatic carbocycles. The number of carbonyl (C=O) groups excluding carboxylic acids is 1. The van der Waals surface area contributed by atoms with Crippen LogP contribution in [0.2, 0.25) is 0 Å². The lowest BCUT2D eigenvalue weighted by Crippen LogP contribution is -2.15. The maximum absolute atomic E-state index is 12.2. The predicted octanol–water partition coefficient (Wildman–Crippen LogP) is 4.72. The molecule has 2 aromatic heterocycles. The van der Waals surface area contributed by atoms with Gasteiger partial charge in [0.05, 0.1) is 0 Å². The van der Waals surface area contributed by atoms with Gasteiger partial charge >= 0.3 is 5.97 Å². The Morgan fingerprint density at radius 3 is 2.85 bits per heavy atom. The summed E-state index contributed by atoms with van der Waals surface area (Å²) in [6, 6.07) is 4.55. The van der Waals surface area contributed by atoms with E-state index in [1.54, 1.807) is 12.3 Å². The maximum atomic E-state index is 12.2. The van der Waals surface area contributed by atoms with Crippen LogP contribution in [0.3, 0.4) is 0 Å². The molecule has 1 aliphatic rings. The van der Waals surface area contributed by atoms with Crippen molar-refractivity contribution in [2.45, 2.75) is 58.6 Å². The fourth-order valence-electron chi connectivity index (χ4n) is 3.67. The Morgan fingerprint density at radius 1 is 1.42 bits per heavy atom. The largest absolute Gasteiger partial charge is 0.454 e. The lowest BCUT2D eigenvalue weighted by Gasteiger charge is -2.26. The molecular weight excluding hydrogens is 346 g/mol. The number of ether oxygens (including phenoxy) is 1. The fourth-order valence-corrected chi connectivity index (χ4v) is 4.20. The van der Waals surface area contributed by atoms with Crippen LogP contribution < -0.4 is 0 Å². The van der Waals surface area contributed by atoms with Crippen LogP contribution in [-0.4, -0.2) is 15.5 Å². The van der Waals surface area contributed by atoms with Gasteiger partial charge in [-0.1, -0.05) is 19.3 Å². The highest BCUT2D eigenvalue weighted by molar-refractivity contribution is 7.09. The first-order valence-corrected chi connectivity index (χ1v) is 9.84. The number of esters is 1. The van der Waals surface area contributed by atoms with Gasteiger partial charge in [-0.25, -0.2) is 9.78 Å². The molecule has 0 bridgehead atoms. The quantitative estimate of drug-likeness (QED) is 0.434. The fraction of sp³-hybridized carbons (Fsp3) is 0.450. The minimum Gasteiger partial charge on any atom is -0.454 e. The van der Waals surface area contributed by atoms with Crippen LogP contribution in [0.4, 0.5) is 0 Å². The Labute approximate surface area is 157 Å². The van der Waals surface area contributed by atoms with E-state index in [4.69, 9.17) is 4.74 Å². The third kappa shape index (κ3) is 4.05. The number of nitriles is 1. The Morgan fingerprint density at radius 2 is 2.19 bits per heavy atom. The molecule has 0 spiro atoms. The summed E-state index contributed by atoms with van der Waals surface area (Å²) < 4.78 is 7.58. The van der Waals surface area contributed by atoms with Crippen molar-refractivity contribution in [1.29, 1.82) is 5.26 Å². The van der Waals surface area contributed by atoms with Crippen molar-refractivity contribution < 1.29 is 9.53 Å². The lowest BCUT2D eigenvalue weighted by atomic mass is 9.95. The lowest BCUT2D eigenvalue weighted by molar-refractivity contribution is -0.139. The van der Waals surface area contributed by atoms with Crippen LogP contribution >= 0.6 is 11.3 Å². The number of aryl methyl sites for hydroxylation is 1. The zero-order chi connectivity index (χ0) is 18.5. The van der Waals surface area contributed by atoms with Gasteiger partial charge in [0.1, 0.15) is 23.3 Å². The summed E-state index contributed by atoms with van der Waals surface area (Å²) in [5, 5.41) is 11.9. The van der Waals surface area contributed by atoms with Crippen molar-refractivity contribution in [1.82, 2.24) is 9.55 Å². The SMILES string of the molecule is Cc1cc(C=C(C#N)C(=O)OCc2nccs2)c(C)n1C1CCCCC1. The summed E-state index contributed by atoms with van der Waals surface area (Å²) in [4.78, 5) is 16.3. The molecule has 1 fully saturated rings. The molecule has 0 saturated heterocycles. The van der Waals surface area contributed by atoms with Crippen molar-refractivity contribution in [3.8, 4) is 6.07 Å². The number of hydrogen-bond donors (Lipinski definition) is 0. The standard InChI is InChI=1S/C20H23N3O2S/c1-14-10-16(15(2)23(14)18-6-4-3-5-7-18)11-17(12-21)20(24)25-13-19-22-8-9-26-19/h8-11,18H,3-7,13H2,1-2H3. The molecule has 0 amide bonds. The topological polar surface area (TPSA) is 67.9 Å². The number of thiazole rings is 1. The van der Waals surface area contributed by atoms with Gasteiger partial charge in [0, 0.05) is 29.0 Å². The van der Waals surface area contributed by atoms with E-state index in [0.717, 1.165) is 11.3 Å². The molecular formula is C20H23N3O2S. The average molecular weight is 369 g/mol. The number of aromatic nitrogens is 2. The number of rotatable bonds is 5. The first kappa shape index (κ1) is 18.4. The normalized spacial score (nSPS) is 15.7. The molecule has 26 heavy (non-hydrogen) atoms. The molecule has 6 heteroatoms. The summed E-state index contributed by atoms with van der Waals surface area (Å²) in [5.41, 5.74) is 3.21. The van der Waals surface area contributed by atoms with Crippen molar-refractivity contribution in [2.75, 3.05) is 0 Å². The molecule has 136 valence electrons. The third-order valence-electron chi connectivity index (χ3n) is 4.91. The summed E-state index contributed by atoms with van der Waals surface area (Å²) in [6.45, 7) is 4.24. The summed E-state index contributed by atoms with van der Waals surface area (Å²) in [5.74, 6) is -0.606. The van der Waals surface area contributed by atoms with Gasteiger partial charge in [-0.15, -0.1) is 11.3 Å². The molecule has 0 aromatic carbocycles. The highest BCUT2D eigenvalue weighted by atomic mass is 32.1. The Balaban J connectivity index is 1.78. The maximum Gasteiger partial charge on any atom is 0.349 e. The first-order valence-electron chi connectivity index (χ1n) is 8.96. The highest BCUT2D eigenvalue weighted by Gasteiger charge is 2.20. The van der Waals surface area contributed by atoms with Gasteiger partial charge in [-0.05, 0) is 44.4 Å². The van der Waals surface area contributed by atoms with Gasteiger partial charge in [0.15, 0.2) is 0 Å². The van der Waals surface area contributed by atoms with E-state index < -0.39 is 5.97 Å². The van der Waals surface area contributed by atoms with E-state index in [0.29, 0.717) is 11.0 Å². The van der Waals surface area contributed by atoms with Gasteiger partial charge in [-0.3, -0.25) is 0 Å². The van der Waals surface area contributed by atoms with E-state index in [9.17, 15) is 10.1 Å². The molecule has 0 unspecified atom stereocenters. The second-order valence-electron chi connectivity index (χ2n) is 6.66. The molecule has 3 rings (SSSR count). The molecule has 2 heterocycles. The van der Waals surface area contributed by atoms with E-state index >= 15 is 0 Å². The minimum absolute atomic E-state index is 0.0189. The van der Waals surface area contributed by atoms with Crippen molar-refractivity contribution in [2.24, 2.45) is 0 Å². The van der Waals surface area contributed by atoms with E-state index in [-0.39, 0.29) is 12.2 Å². The average Bonchev–Trinajstić information content (AvgIpc) is 3.26. The molecule has 0 radical (unpaired) electrons. The van der Waals surface area contributed by atoms with E-state index in [1.807, 2.05) is 11.4 Å². The van der Waals surface area contributed by atoms with Crippen LogP contribution in [0, 0.1) is 25.2 Å². The summed E-state index contributed by atoms with van der Waals surface area (Å²) >= 11 is 1.42. The molecule has 0 aliphatic heterocycles. The molecule has 0 N–H and O–H groups in total. The first-order chi connectivity index (χ1) is 12.6. The molecule has 5 nitrogen and oxygen atoms in total. The smallest absolute Gasteiger partial charge is 0.349 e. The Bertz CT molecular complexity index is 837. The number of carbonyl (C=O) groups is 1. The Kier molecular flexibility index (Phi) is 5.89. The monoisotopic (exact) mass is 369 g/mol. The van der Waals surface area contributed by atoms with Crippen LogP contribution in [-0.2, 0) is 16.1 Å². The van der Waals surface area contributed by atoms with Crippen LogP contribution in [0.25, 0.3) is 6.08 Å². The third-order valence-corrected chi connectivity index (χ3v) is 5.67. The zero-order valence-corrected chi connectivity index (χ0v) is 16.0. The van der Waals surface area contributed by atoms with Crippen LogP contribution in [0.5, 0.6) is 0 Å². The second-order valence-corrected chi connectivity index (χ2v) is 7.64. The van der Waals surface area contributed by atoms with Gasteiger partial charge < -0.3 is 9.30 Å². The minimum atomic E-state index is -0.606. The van der Waals surface area contributed by atoms with Crippen LogP contribution in [0.1, 0.15) is 60.1 Å². The molecule has 0 atom stereocenters. The van der Waals surface area contributed by atoms with Crippen LogP contribution in [0.15, 0.2) is 23.2 Å². The highest BCUT2D eigenvalue weighted by Crippen LogP contribution is 2.32. The van der Waals surface area contributed by atoms with Crippen molar-refractivity contribution >= 4 is 23.4 Å². The van der Waals surface area contributed by atoms with Gasteiger partial charge in [0.2, 0.25) is 0 Å². The van der Waals surface area contributed by atoms with E-state index in [1.165, 1.54) is 49.1 Å². The van der Waals surface area contributed by atoms with Gasteiger partial charge in [-0.2, -0.15) is 5.26 Å². The van der Waals surface area contributed by atoms with E-state index in [2.05, 4.69) is 29.5 Å². The number of nitrogens with zero attached hydrogens (tertiary/aromatic N) is 3. The molecule has 1 saturated carbocycles. The zero-order valence-electron chi connectivity index (χ0n) is 15.2. The molecule has 2 aromatic rings. The Hall–Kier alpha value is -2.39. The predicted molar refractivity (Wildman–Crippen MR) is 102 cm³/mol. The second kappa shape index (κ2) is 8.33. The summed E-state index contributed by atoms with van der Waals surface area (Å²) in [6.07, 6.45) is 9.53. The van der Waals surface area contributed by atoms with Gasteiger partial charge in [0.25, 0.3) is 0 Å². The summed E-state index contributed by atoms with van der Waals surface area (Å²) in [7, 11) is 0. The van der Waals surface area contributed by atoms with Crippen molar-refractivity contribution in [3.63, 3.8) is 0 Å². The number of hydrogen-bond acceptors (Lipinski definition) is 5. The van der Waals surface area contributed by atoms with Crippen molar-refractivity contribution in [3.05, 3.63) is 45.2 Å².